The third-order valence-corrected chi connectivity index (χ3v) is 3.76. The van der Waals surface area contributed by atoms with Crippen molar-refractivity contribution in [2.24, 2.45) is 0 Å². The van der Waals surface area contributed by atoms with Crippen LogP contribution in [0.15, 0.2) is 18.2 Å². The topological polar surface area (TPSA) is 29.0 Å². The molecule has 3 nitrogen and oxygen atoms in total. The third kappa shape index (κ3) is 3.17. The smallest absolute Gasteiger partial charge is 0.138 e. The quantitative estimate of drug-likeness (QED) is 0.864. The van der Waals surface area contributed by atoms with Crippen molar-refractivity contribution in [3.63, 3.8) is 0 Å². The molecular weight excluding hydrogens is 296 g/mol. The Bertz CT molecular complexity index is 527. The van der Waals surface area contributed by atoms with Crippen molar-refractivity contribution in [1.82, 2.24) is 14.5 Å². The van der Waals surface area contributed by atoms with Gasteiger partial charge in [0.25, 0.3) is 0 Å². The Hall–Kier alpha value is -0.750. The molecule has 1 aromatic heterocycles. The lowest BCUT2D eigenvalue weighted by molar-refractivity contribution is 0.310. The molecule has 0 unspecified atom stereocenters. The van der Waals surface area contributed by atoms with Gasteiger partial charge in [-0.15, -0.1) is 5.10 Å². The highest BCUT2D eigenvalue weighted by Gasteiger charge is 2.13. The van der Waals surface area contributed by atoms with Gasteiger partial charge in [0.05, 0.1) is 0 Å². The van der Waals surface area contributed by atoms with Crippen LogP contribution in [-0.4, -0.2) is 21.5 Å². The summed E-state index contributed by atoms with van der Waals surface area (Å²) in [6.07, 6.45) is 0. The van der Waals surface area contributed by atoms with Crippen molar-refractivity contribution in [3.8, 4) is 0 Å². The van der Waals surface area contributed by atoms with E-state index in [-0.39, 0.29) is 5.82 Å². The van der Waals surface area contributed by atoms with Crippen LogP contribution >= 0.6 is 34.7 Å². The monoisotopic (exact) mass is 305 g/mol. The number of halogens is 3. The Morgan fingerprint density at radius 1 is 1.33 bits per heavy atom. The summed E-state index contributed by atoms with van der Waals surface area (Å²) in [6.45, 7) is 0.888. The molecule has 0 radical (unpaired) electrons. The molecular formula is C11H10Cl2FN3S. The van der Waals surface area contributed by atoms with Crippen LogP contribution < -0.4 is 0 Å². The summed E-state index contributed by atoms with van der Waals surface area (Å²) >= 11 is 13.0. The first-order valence-electron chi connectivity index (χ1n) is 5.16. The number of hydrogen-bond donors (Lipinski definition) is 0. The van der Waals surface area contributed by atoms with E-state index in [1.807, 2.05) is 11.9 Å². The molecule has 0 aliphatic carbocycles. The highest BCUT2D eigenvalue weighted by atomic mass is 35.5. The molecule has 0 saturated carbocycles. The van der Waals surface area contributed by atoms with Crippen LogP contribution in [0.4, 0.5) is 4.39 Å². The molecule has 0 aliphatic rings. The minimum absolute atomic E-state index is 0.308. The Balaban J connectivity index is 2.08. The van der Waals surface area contributed by atoms with E-state index in [1.165, 1.54) is 6.07 Å². The Morgan fingerprint density at radius 3 is 2.72 bits per heavy atom. The van der Waals surface area contributed by atoms with Gasteiger partial charge in [-0.3, -0.25) is 4.90 Å². The molecule has 1 aromatic carbocycles. The largest absolute Gasteiger partial charge is 0.296 e. The number of nitrogens with zero attached hydrogens (tertiary/aromatic N) is 3. The first-order chi connectivity index (χ1) is 8.58. The molecule has 0 saturated heterocycles. The molecule has 7 heteroatoms. The fourth-order valence-electron chi connectivity index (χ4n) is 1.56. The zero-order valence-corrected chi connectivity index (χ0v) is 11.9. The second kappa shape index (κ2) is 5.93. The molecule has 2 aromatic rings. The van der Waals surface area contributed by atoms with Gasteiger partial charge in [0.2, 0.25) is 0 Å². The Morgan fingerprint density at radius 2 is 2.11 bits per heavy atom. The fourth-order valence-corrected chi connectivity index (χ4v) is 2.39. The maximum absolute atomic E-state index is 13.6. The van der Waals surface area contributed by atoms with Gasteiger partial charge < -0.3 is 0 Å². The van der Waals surface area contributed by atoms with Gasteiger partial charge in [0.1, 0.15) is 15.8 Å². The Labute approximate surface area is 118 Å². The first kappa shape index (κ1) is 13.7. The molecule has 0 bridgehead atoms. The molecule has 0 spiro atoms. The van der Waals surface area contributed by atoms with Crippen molar-refractivity contribution in [2.45, 2.75) is 13.1 Å². The van der Waals surface area contributed by atoms with Gasteiger partial charge in [-0.25, -0.2) is 4.39 Å². The second-order valence-electron chi connectivity index (χ2n) is 3.87. The van der Waals surface area contributed by atoms with Crippen molar-refractivity contribution in [3.05, 3.63) is 44.6 Å². The molecule has 0 fully saturated rings. The van der Waals surface area contributed by atoms with Crippen LogP contribution in [0.5, 0.6) is 0 Å². The third-order valence-electron chi connectivity index (χ3n) is 2.42. The predicted molar refractivity (Wildman–Crippen MR) is 71.5 cm³/mol. The molecule has 0 amide bonds. The molecule has 96 valence electrons. The molecule has 0 aliphatic heterocycles. The highest BCUT2D eigenvalue weighted by molar-refractivity contribution is 7.10. The summed E-state index contributed by atoms with van der Waals surface area (Å²) in [5.41, 5.74) is 1.16. The standard InChI is InChI=1S/C11H10Cl2FN3S/c1-17(6-10-11(13)18-16-15-10)5-7-8(12)3-2-4-9(7)14/h2-4H,5-6H2,1H3. The lowest BCUT2D eigenvalue weighted by Crippen LogP contribution is -2.18. The summed E-state index contributed by atoms with van der Waals surface area (Å²) in [7, 11) is 1.85. The first-order valence-corrected chi connectivity index (χ1v) is 6.69. The van der Waals surface area contributed by atoms with E-state index in [1.54, 1.807) is 12.1 Å². The number of aromatic nitrogens is 2. The van der Waals surface area contributed by atoms with Crippen LogP contribution in [0.3, 0.4) is 0 Å². The summed E-state index contributed by atoms with van der Waals surface area (Å²) in [4.78, 5) is 1.88. The van der Waals surface area contributed by atoms with E-state index in [0.29, 0.717) is 33.7 Å². The zero-order valence-electron chi connectivity index (χ0n) is 9.53. The number of hydrogen-bond acceptors (Lipinski definition) is 4. The van der Waals surface area contributed by atoms with Gasteiger partial charge in [-0.1, -0.05) is 33.8 Å². The summed E-state index contributed by atoms with van der Waals surface area (Å²) in [5, 5.41) is 4.33. The van der Waals surface area contributed by atoms with Crippen LogP contribution in [-0.2, 0) is 13.1 Å². The molecule has 0 atom stereocenters. The normalized spacial score (nSPS) is 11.2. The van der Waals surface area contributed by atoms with E-state index in [9.17, 15) is 4.39 Å². The van der Waals surface area contributed by atoms with Gasteiger partial charge in [-0.05, 0) is 19.2 Å². The van der Waals surface area contributed by atoms with E-state index in [4.69, 9.17) is 23.2 Å². The van der Waals surface area contributed by atoms with E-state index >= 15 is 0 Å². The van der Waals surface area contributed by atoms with Crippen molar-refractivity contribution in [1.29, 1.82) is 0 Å². The van der Waals surface area contributed by atoms with Crippen molar-refractivity contribution in [2.75, 3.05) is 7.05 Å². The SMILES string of the molecule is CN(Cc1nnsc1Cl)Cc1c(F)cccc1Cl. The van der Waals surface area contributed by atoms with Gasteiger partial charge >= 0.3 is 0 Å². The highest BCUT2D eigenvalue weighted by Crippen LogP contribution is 2.22. The molecule has 1 heterocycles. The molecule has 0 N–H and O–H groups in total. The maximum Gasteiger partial charge on any atom is 0.138 e. The van der Waals surface area contributed by atoms with E-state index < -0.39 is 0 Å². The lowest BCUT2D eigenvalue weighted by Gasteiger charge is -2.16. The number of benzene rings is 1. The Kier molecular flexibility index (Phi) is 4.50. The van der Waals surface area contributed by atoms with Gasteiger partial charge in [0, 0.05) is 35.2 Å². The maximum atomic E-state index is 13.6. The zero-order chi connectivity index (χ0) is 13.1. The van der Waals surface area contributed by atoms with Crippen LogP contribution in [0.1, 0.15) is 11.3 Å². The second-order valence-corrected chi connectivity index (χ2v) is 5.63. The van der Waals surface area contributed by atoms with E-state index in [0.717, 1.165) is 11.5 Å². The van der Waals surface area contributed by atoms with Crippen molar-refractivity contribution < 1.29 is 4.39 Å². The van der Waals surface area contributed by atoms with Crippen LogP contribution in [0.25, 0.3) is 0 Å². The summed E-state index contributed by atoms with van der Waals surface area (Å²) in [5.74, 6) is -0.308. The van der Waals surface area contributed by atoms with Gasteiger partial charge in [-0.2, -0.15) is 0 Å². The average molecular weight is 306 g/mol. The molecule has 2 rings (SSSR count). The fraction of sp³-hybridized carbons (Fsp3) is 0.273. The minimum atomic E-state index is -0.308. The van der Waals surface area contributed by atoms with Crippen LogP contribution in [0.2, 0.25) is 9.36 Å². The molecule has 18 heavy (non-hydrogen) atoms. The predicted octanol–water partition coefficient (Wildman–Crippen LogP) is 3.62. The van der Waals surface area contributed by atoms with Crippen LogP contribution in [0, 0.1) is 5.82 Å². The summed E-state index contributed by atoms with van der Waals surface area (Å²) < 4.78 is 17.9. The summed E-state index contributed by atoms with van der Waals surface area (Å²) in [6, 6.07) is 4.65. The number of rotatable bonds is 4. The van der Waals surface area contributed by atoms with Gasteiger partial charge in [0.15, 0.2) is 0 Å². The minimum Gasteiger partial charge on any atom is -0.296 e. The van der Waals surface area contributed by atoms with Crippen molar-refractivity contribution >= 4 is 34.7 Å². The lowest BCUT2D eigenvalue weighted by atomic mass is 10.2. The average Bonchev–Trinajstić information content (AvgIpc) is 2.70. The van der Waals surface area contributed by atoms with E-state index in [2.05, 4.69) is 9.59 Å².